The van der Waals surface area contributed by atoms with Crippen LogP contribution in [0.25, 0.3) is 10.8 Å². The molecule has 0 aliphatic heterocycles. The molecule has 0 fully saturated rings. The average molecular weight is 339 g/mol. The van der Waals surface area contributed by atoms with Gasteiger partial charge >= 0.3 is 5.97 Å². The lowest BCUT2D eigenvalue weighted by Crippen LogP contribution is -2.30. The van der Waals surface area contributed by atoms with Crippen LogP contribution in [0, 0.1) is 0 Å². The number of fused-ring (bicyclic) bond motifs is 1. The van der Waals surface area contributed by atoms with Crippen LogP contribution in [-0.2, 0) is 16.2 Å². The highest BCUT2D eigenvalue weighted by Gasteiger charge is 2.22. The molecule has 0 saturated heterocycles. The van der Waals surface area contributed by atoms with Crippen LogP contribution in [0.3, 0.4) is 0 Å². The van der Waals surface area contributed by atoms with Gasteiger partial charge in [0.25, 0.3) is 0 Å². The number of aliphatic carboxylic acids is 1. The summed E-state index contributed by atoms with van der Waals surface area (Å²) in [5, 5.41) is 11.2. The van der Waals surface area contributed by atoms with Gasteiger partial charge in [0.2, 0.25) is 0 Å². The summed E-state index contributed by atoms with van der Waals surface area (Å²) >= 11 is -1.50. The van der Waals surface area contributed by atoms with Crippen molar-refractivity contribution in [1.82, 2.24) is 4.72 Å². The standard InChI is InChI=1S/C19H17NO3S/c21-19(22)13-18(15-7-2-1-3-8-15)20-24(23)17-11-10-14-6-4-5-9-16(14)12-17/h1-12,18,20H,13H2,(H,21,22)/t18?,24-/m0/s1. The highest BCUT2D eigenvalue weighted by atomic mass is 32.2. The summed E-state index contributed by atoms with van der Waals surface area (Å²) in [7, 11) is 0. The molecule has 0 aliphatic carbocycles. The predicted octanol–water partition coefficient (Wildman–Crippen LogP) is 3.67. The van der Waals surface area contributed by atoms with Crippen LogP contribution in [0.4, 0.5) is 0 Å². The van der Waals surface area contributed by atoms with Gasteiger partial charge in [0, 0.05) is 6.07 Å². The topological polar surface area (TPSA) is 72.4 Å². The van der Waals surface area contributed by atoms with Crippen molar-refractivity contribution in [1.29, 1.82) is 0 Å². The summed E-state index contributed by atoms with van der Waals surface area (Å²) in [5.41, 5.74) is 0.800. The molecule has 4 nitrogen and oxygen atoms in total. The molecule has 2 atom stereocenters. The first-order valence-corrected chi connectivity index (χ1v) is 8.72. The van der Waals surface area contributed by atoms with Gasteiger partial charge in [-0.1, -0.05) is 54.6 Å². The quantitative estimate of drug-likeness (QED) is 0.672. The SMILES string of the molecule is O=C(O)CC(N[S@@+]([O-])c1ccc2ccccc2c1)c1ccccc1. The van der Waals surface area contributed by atoms with Crippen LogP contribution in [0.2, 0.25) is 0 Å². The molecule has 2 N–H and O–H groups in total. The summed E-state index contributed by atoms with van der Waals surface area (Å²) in [4.78, 5) is 11.8. The van der Waals surface area contributed by atoms with Crippen LogP contribution in [0.15, 0.2) is 77.7 Å². The molecule has 0 amide bonds. The normalized spacial score (nSPS) is 13.5. The number of nitrogens with one attached hydrogen (secondary N) is 1. The van der Waals surface area contributed by atoms with E-state index in [1.54, 1.807) is 6.07 Å². The molecular weight excluding hydrogens is 322 g/mol. The van der Waals surface area contributed by atoms with E-state index < -0.39 is 23.4 Å². The molecule has 1 unspecified atom stereocenters. The van der Waals surface area contributed by atoms with E-state index in [-0.39, 0.29) is 6.42 Å². The molecule has 122 valence electrons. The first kappa shape index (κ1) is 16.5. The van der Waals surface area contributed by atoms with E-state index in [1.807, 2.05) is 66.7 Å². The molecular formula is C19H17NO3S. The van der Waals surface area contributed by atoms with E-state index in [1.165, 1.54) is 0 Å². The van der Waals surface area contributed by atoms with E-state index in [2.05, 4.69) is 4.72 Å². The Balaban J connectivity index is 1.83. The van der Waals surface area contributed by atoms with Crippen LogP contribution >= 0.6 is 0 Å². The zero-order chi connectivity index (χ0) is 16.9. The van der Waals surface area contributed by atoms with Crippen LogP contribution in [0.5, 0.6) is 0 Å². The third-order valence-corrected chi connectivity index (χ3v) is 4.95. The number of carboxylic acid groups (broad SMARTS) is 1. The lowest BCUT2D eigenvalue weighted by molar-refractivity contribution is -0.137. The summed E-state index contributed by atoms with van der Waals surface area (Å²) in [6.07, 6.45) is -0.136. The molecule has 3 rings (SSSR count). The van der Waals surface area contributed by atoms with Gasteiger partial charge in [0.05, 0.1) is 23.8 Å². The Morgan fingerprint density at radius 3 is 2.38 bits per heavy atom. The van der Waals surface area contributed by atoms with Crippen molar-refractivity contribution >= 4 is 28.1 Å². The Labute approximate surface area is 143 Å². The Morgan fingerprint density at radius 2 is 1.67 bits per heavy atom. The fourth-order valence-electron chi connectivity index (χ4n) is 2.57. The summed E-state index contributed by atoms with van der Waals surface area (Å²) in [6, 6.07) is 22.1. The number of carboxylic acids is 1. The van der Waals surface area contributed by atoms with Gasteiger partial charge < -0.3 is 9.66 Å². The second kappa shape index (κ2) is 7.49. The largest absolute Gasteiger partial charge is 0.593 e. The number of hydrogen-bond donors (Lipinski definition) is 2. The molecule has 3 aromatic carbocycles. The number of carbonyl (C=O) groups is 1. The summed E-state index contributed by atoms with van der Waals surface area (Å²) in [6.45, 7) is 0. The fourth-order valence-corrected chi connectivity index (χ4v) is 3.61. The van der Waals surface area contributed by atoms with Crippen LogP contribution in [0.1, 0.15) is 18.0 Å². The van der Waals surface area contributed by atoms with Crippen molar-refractivity contribution in [3.05, 3.63) is 78.4 Å². The van der Waals surface area contributed by atoms with Gasteiger partial charge in [-0.25, -0.2) is 0 Å². The van der Waals surface area contributed by atoms with E-state index in [4.69, 9.17) is 5.11 Å². The minimum atomic E-state index is -1.50. The molecule has 0 radical (unpaired) electrons. The fraction of sp³-hybridized carbons (Fsp3) is 0.105. The van der Waals surface area contributed by atoms with Crippen molar-refractivity contribution in [2.45, 2.75) is 17.4 Å². The molecule has 0 spiro atoms. The maximum absolute atomic E-state index is 12.7. The Kier molecular flexibility index (Phi) is 5.15. The number of hydrogen-bond acceptors (Lipinski definition) is 3. The first-order valence-electron chi connectivity index (χ1n) is 7.57. The van der Waals surface area contributed by atoms with Gasteiger partial charge in [0.15, 0.2) is 4.90 Å². The number of rotatable bonds is 6. The lowest BCUT2D eigenvalue weighted by atomic mass is 10.1. The smallest absolute Gasteiger partial charge is 0.305 e. The second-order valence-corrected chi connectivity index (χ2v) is 6.70. The molecule has 24 heavy (non-hydrogen) atoms. The van der Waals surface area contributed by atoms with Crippen molar-refractivity contribution in [3.63, 3.8) is 0 Å². The van der Waals surface area contributed by atoms with E-state index in [0.29, 0.717) is 4.90 Å². The third kappa shape index (κ3) is 3.94. The predicted molar refractivity (Wildman–Crippen MR) is 94.9 cm³/mol. The van der Waals surface area contributed by atoms with Crippen molar-refractivity contribution in [2.24, 2.45) is 0 Å². The Hall–Kier alpha value is -2.34. The van der Waals surface area contributed by atoms with Gasteiger partial charge in [0.1, 0.15) is 0 Å². The van der Waals surface area contributed by atoms with Gasteiger partial charge in [-0.3, -0.25) is 4.79 Å². The zero-order valence-corrected chi connectivity index (χ0v) is 13.7. The maximum Gasteiger partial charge on any atom is 0.305 e. The molecule has 0 saturated carbocycles. The molecule has 0 aromatic heterocycles. The van der Waals surface area contributed by atoms with E-state index >= 15 is 0 Å². The summed E-state index contributed by atoms with van der Waals surface area (Å²) in [5.74, 6) is -0.938. The summed E-state index contributed by atoms with van der Waals surface area (Å²) < 4.78 is 15.6. The molecule has 0 aliphatic rings. The minimum absolute atomic E-state index is 0.136. The molecule has 3 aromatic rings. The van der Waals surface area contributed by atoms with Crippen LogP contribution < -0.4 is 4.72 Å². The van der Waals surface area contributed by atoms with Gasteiger partial charge in [-0.2, -0.15) is 0 Å². The monoisotopic (exact) mass is 339 g/mol. The maximum atomic E-state index is 12.7. The minimum Gasteiger partial charge on any atom is -0.593 e. The van der Waals surface area contributed by atoms with Crippen molar-refractivity contribution < 1.29 is 14.5 Å². The second-order valence-electron chi connectivity index (χ2n) is 5.46. The lowest BCUT2D eigenvalue weighted by Gasteiger charge is -2.19. The molecule has 0 bridgehead atoms. The van der Waals surface area contributed by atoms with Crippen molar-refractivity contribution in [3.8, 4) is 0 Å². The average Bonchev–Trinajstić information content (AvgIpc) is 2.61. The number of benzene rings is 3. The van der Waals surface area contributed by atoms with E-state index in [9.17, 15) is 9.35 Å². The first-order chi connectivity index (χ1) is 11.6. The molecule has 5 heteroatoms. The Morgan fingerprint density at radius 1 is 1.00 bits per heavy atom. The van der Waals surface area contributed by atoms with Crippen molar-refractivity contribution in [2.75, 3.05) is 0 Å². The highest BCUT2D eigenvalue weighted by Crippen LogP contribution is 2.23. The Bertz CT molecular complexity index is 838. The van der Waals surface area contributed by atoms with Gasteiger partial charge in [-0.05, 0) is 28.5 Å². The van der Waals surface area contributed by atoms with E-state index in [0.717, 1.165) is 16.3 Å². The van der Waals surface area contributed by atoms with Gasteiger partial charge in [-0.15, -0.1) is 4.72 Å². The van der Waals surface area contributed by atoms with Crippen LogP contribution in [-0.4, -0.2) is 15.6 Å². The molecule has 0 heterocycles. The zero-order valence-electron chi connectivity index (χ0n) is 12.9. The third-order valence-electron chi connectivity index (χ3n) is 3.76. The highest BCUT2D eigenvalue weighted by molar-refractivity contribution is 7.89.